The molecule has 1 N–H and O–H groups in total. The number of nitrogens with one attached hydrogen (secondary N) is 1. The highest BCUT2D eigenvalue weighted by molar-refractivity contribution is 6.27. The summed E-state index contributed by atoms with van der Waals surface area (Å²) in [6.45, 7) is 0. The second-order valence-electron chi connectivity index (χ2n) is 4.69. The van der Waals surface area contributed by atoms with Crippen molar-refractivity contribution >= 4 is 45.0 Å². The summed E-state index contributed by atoms with van der Waals surface area (Å²) in [5.74, 6) is 0. The minimum absolute atomic E-state index is 0.00328. The molecule has 0 spiro atoms. The van der Waals surface area contributed by atoms with Crippen LogP contribution in [0.5, 0.6) is 0 Å². The van der Waals surface area contributed by atoms with Crippen molar-refractivity contribution in [1.82, 2.24) is 4.98 Å². The van der Waals surface area contributed by atoms with E-state index in [0.29, 0.717) is 0 Å². The van der Waals surface area contributed by atoms with E-state index in [9.17, 15) is 0 Å². The normalized spacial score (nSPS) is 32.3. The number of rotatable bonds is 0. The molecule has 2 aromatic carbocycles. The summed E-state index contributed by atoms with van der Waals surface area (Å²) < 4.78 is 91.1. The van der Waals surface area contributed by atoms with E-state index < -0.39 is 47.7 Å². The van der Waals surface area contributed by atoms with Crippen molar-refractivity contribution in [3.63, 3.8) is 0 Å². The molecule has 2 heteroatoms. The Morgan fingerprint density at radius 1 is 1.14 bits per heavy atom. The zero-order valence-corrected chi connectivity index (χ0v) is 11.1. The third kappa shape index (κ3) is 1.42. The molecule has 1 atom stereocenters. The van der Waals surface area contributed by atoms with Crippen LogP contribution in [0.2, 0.25) is 0 Å². The predicted octanol–water partition coefficient (Wildman–Crippen LogP) is 5.28. The third-order valence-corrected chi connectivity index (χ3v) is 3.86. The summed E-state index contributed by atoms with van der Waals surface area (Å²) in [6, 6.07) is -4.69. The Bertz CT molecular complexity index is 1540. The van der Waals surface area contributed by atoms with E-state index in [0.717, 1.165) is 0 Å². The second kappa shape index (κ2) is 3.90. The maximum absolute atomic E-state index is 8.71. The van der Waals surface area contributed by atoms with E-state index >= 15 is 0 Å². The lowest BCUT2D eigenvalue weighted by Gasteiger charge is -2.13. The summed E-state index contributed by atoms with van der Waals surface area (Å²) in [7, 11) is 0. The number of aromatic amines is 1. The van der Waals surface area contributed by atoms with Crippen LogP contribution in [-0.2, 0) is 0 Å². The van der Waals surface area contributed by atoms with Crippen LogP contribution >= 0.6 is 11.6 Å². The maximum Gasteiger partial charge on any atom is 0.0775 e. The molecule has 0 radical (unpaired) electrons. The standard InChI is InChI=1S/C19H12ClN/c20-17-6-3-5-11-12-8-9-14-13-4-1-2-7-18(13)21-19(14)16(12)10-15(11)17/h1-10,17,21H/i1D,2D,3D,4D,5D,6D,7D,8D,9D,10D,17D. The molecule has 0 bridgehead atoms. The number of alkyl halides is 1. The Balaban J connectivity index is 2.07. The molecule has 1 nitrogen and oxygen atoms in total. The largest absolute Gasteiger partial charge is 0.354 e. The van der Waals surface area contributed by atoms with Crippen LogP contribution in [-0.4, -0.2) is 10.3 Å². The molecule has 1 heterocycles. The number of hydrogen-bond acceptors (Lipinski definition) is 0. The molecule has 0 amide bonds. The smallest absolute Gasteiger partial charge is 0.0775 e. The monoisotopic (exact) mass is 300 g/mol. The average molecular weight is 301 g/mol. The fourth-order valence-electron chi connectivity index (χ4n) is 2.66. The molecule has 21 heavy (non-hydrogen) atoms. The maximum atomic E-state index is 8.71. The molecule has 5 rings (SSSR count). The van der Waals surface area contributed by atoms with Crippen LogP contribution in [0, 0.1) is 0 Å². The fourth-order valence-corrected chi connectivity index (χ4v) is 2.85. The second-order valence-corrected chi connectivity index (χ2v) is 5.07. The topological polar surface area (TPSA) is 15.8 Å². The minimum atomic E-state index is -2.34. The van der Waals surface area contributed by atoms with Crippen molar-refractivity contribution < 1.29 is 15.1 Å². The van der Waals surface area contributed by atoms with Gasteiger partial charge in [-0.2, -0.15) is 0 Å². The zero-order valence-electron chi connectivity index (χ0n) is 21.4. The Kier molecular flexibility index (Phi) is 0.962. The van der Waals surface area contributed by atoms with Gasteiger partial charge in [0.05, 0.1) is 25.9 Å². The molecular weight excluding hydrogens is 278 g/mol. The van der Waals surface area contributed by atoms with E-state index in [4.69, 9.17) is 26.7 Å². The van der Waals surface area contributed by atoms with Crippen LogP contribution in [0.1, 0.15) is 26.2 Å². The first-order valence-electron chi connectivity index (χ1n) is 11.7. The predicted molar refractivity (Wildman–Crippen MR) is 90.5 cm³/mol. The molecule has 0 saturated carbocycles. The molecule has 0 saturated heterocycles. The quantitative estimate of drug-likeness (QED) is 0.544. The van der Waals surface area contributed by atoms with Crippen LogP contribution < -0.4 is 0 Å². The van der Waals surface area contributed by atoms with Gasteiger partial charge >= 0.3 is 0 Å². The van der Waals surface area contributed by atoms with Gasteiger partial charge in [-0.1, -0.05) is 48.4 Å². The number of H-pyrrole nitrogens is 1. The van der Waals surface area contributed by atoms with Gasteiger partial charge in [0, 0.05) is 21.9 Å². The van der Waals surface area contributed by atoms with Gasteiger partial charge in [-0.15, -0.1) is 11.6 Å². The first-order chi connectivity index (χ1) is 14.8. The lowest BCUT2D eigenvalue weighted by atomic mass is 9.96. The van der Waals surface area contributed by atoms with Gasteiger partial charge < -0.3 is 4.98 Å². The van der Waals surface area contributed by atoms with E-state index in [1.54, 1.807) is 0 Å². The Morgan fingerprint density at radius 2 is 2.05 bits per heavy atom. The van der Waals surface area contributed by atoms with Gasteiger partial charge in [0.15, 0.2) is 0 Å². The Labute approximate surface area is 142 Å². The Hall–Kier alpha value is -2.25. The number of fused-ring (bicyclic) bond motifs is 7. The number of halogens is 1. The number of para-hydroxylation sites is 1. The molecule has 0 fully saturated rings. The number of benzene rings is 2. The number of allylic oxidation sites excluding steroid dienone is 5. The van der Waals surface area contributed by atoms with Crippen molar-refractivity contribution in [3.05, 3.63) is 71.1 Å². The molecule has 0 aliphatic heterocycles. The van der Waals surface area contributed by atoms with Gasteiger partial charge in [-0.05, 0) is 28.8 Å². The lowest BCUT2D eigenvalue weighted by molar-refractivity contribution is 1.31. The van der Waals surface area contributed by atoms with Crippen LogP contribution in [0.15, 0.2) is 60.0 Å². The van der Waals surface area contributed by atoms with Crippen molar-refractivity contribution in [2.75, 3.05) is 0 Å². The SMILES string of the molecule is [2H]C1=C2C(=C([2H])c3c2c([2H])c([2H])c2c3[nH]c3c([2H])c([2H])c([2H])c([2H])c32)C([2H])(Cl)C([2H])=C1[2H]. The molecule has 2 aliphatic rings. The molecule has 100 valence electrons. The first kappa shape index (κ1) is 5.19. The van der Waals surface area contributed by atoms with Crippen molar-refractivity contribution in [1.29, 1.82) is 0 Å². The van der Waals surface area contributed by atoms with Crippen LogP contribution in [0.25, 0.3) is 33.4 Å². The summed E-state index contributed by atoms with van der Waals surface area (Å²) in [5, 5.41) is -2.32. The van der Waals surface area contributed by atoms with E-state index in [-0.39, 0.29) is 62.2 Å². The molecular formula is C19H12ClN. The first-order valence-corrected chi connectivity index (χ1v) is 6.57. The van der Waals surface area contributed by atoms with Crippen molar-refractivity contribution in [2.24, 2.45) is 0 Å². The highest BCUT2D eigenvalue weighted by Crippen LogP contribution is 2.44. The third-order valence-electron chi connectivity index (χ3n) is 3.58. The van der Waals surface area contributed by atoms with Crippen molar-refractivity contribution in [2.45, 2.75) is 5.35 Å². The van der Waals surface area contributed by atoms with Crippen LogP contribution in [0.3, 0.4) is 0 Å². The Morgan fingerprint density at radius 3 is 3.00 bits per heavy atom. The van der Waals surface area contributed by atoms with Gasteiger partial charge in [0.1, 0.15) is 0 Å². The van der Waals surface area contributed by atoms with Gasteiger partial charge in [-0.3, -0.25) is 0 Å². The summed E-state index contributed by atoms with van der Waals surface area (Å²) >= 11 is 6.26. The number of aromatic nitrogens is 1. The fraction of sp³-hybridized carbons (Fsp3) is 0.0526. The molecule has 2 aliphatic carbocycles. The minimum Gasteiger partial charge on any atom is -0.354 e. The van der Waals surface area contributed by atoms with Gasteiger partial charge in [0.2, 0.25) is 0 Å². The summed E-state index contributed by atoms with van der Waals surface area (Å²) in [4.78, 5) is 2.86. The van der Waals surface area contributed by atoms with Gasteiger partial charge in [-0.25, -0.2) is 0 Å². The number of hydrogen-bond donors (Lipinski definition) is 1. The van der Waals surface area contributed by atoms with E-state index in [2.05, 4.69) is 4.98 Å². The van der Waals surface area contributed by atoms with E-state index in [1.165, 1.54) is 0 Å². The molecule has 1 aromatic heterocycles. The zero-order chi connectivity index (χ0) is 23.6. The highest BCUT2D eigenvalue weighted by Gasteiger charge is 2.26. The van der Waals surface area contributed by atoms with Crippen molar-refractivity contribution in [3.8, 4) is 0 Å². The van der Waals surface area contributed by atoms with Crippen LogP contribution in [0.4, 0.5) is 0 Å². The highest BCUT2D eigenvalue weighted by atomic mass is 35.5. The average Bonchev–Trinajstić information content (AvgIpc) is 3.28. The summed E-state index contributed by atoms with van der Waals surface area (Å²) in [5.41, 5.74) is -0.315. The van der Waals surface area contributed by atoms with E-state index in [1.807, 2.05) is 0 Å². The lowest BCUT2D eigenvalue weighted by Crippen LogP contribution is -2.01. The summed E-state index contributed by atoms with van der Waals surface area (Å²) in [6.07, 6.45) is 0. The molecule has 3 aromatic rings. The molecule has 1 unspecified atom stereocenters. The van der Waals surface area contributed by atoms with Gasteiger partial charge in [0.25, 0.3) is 0 Å².